The molecular formula is C10H8Cl3NO3S. The van der Waals surface area contributed by atoms with Gasteiger partial charge in [0.2, 0.25) is 0 Å². The molecule has 18 heavy (non-hydrogen) atoms. The minimum Gasteiger partial charge on any atom is -0.347 e. The molecule has 0 saturated heterocycles. The van der Waals surface area contributed by atoms with Crippen molar-refractivity contribution in [3.8, 4) is 0 Å². The fourth-order valence-electron chi connectivity index (χ4n) is 1.11. The van der Waals surface area contributed by atoms with Crippen molar-refractivity contribution in [3.63, 3.8) is 0 Å². The Morgan fingerprint density at radius 1 is 1.33 bits per heavy atom. The number of halogens is 3. The molecule has 0 atom stereocenters. The lowest BCUT2D eigenvalue weighted by Crippen LogP contribution is -2.24. The van der Waals surface area contributed by atoms with Crippen LogP contribution in [-0.4, -0.2) is 20.9 Å². The molecule has 0 saturated carbocycles. The van der Waals surface area contributed by atoms with Gasteiger partial charge in [0.15, 0.2) is 0 Å². The Bertz CT molecular complexity index is 598. The summed E-state index contributed by atoms with van der Waals surface area (Å²) in [6.07, 6.45) is 0. The minimum atomic E-state index is -3.95. The summed E-state index contributed by atoms with van der Waals surface area (Å²) in [5.41, 5.74) is 0.0691. The van der Waals surface area contributed by atoms with Gasteiger partial charge in [-0.05, 0) is 18.2 Å². The fourth-order valence-corrected chi connectivity index (χ4v) is 2.28. The van der Waals surface area contributed by atoms with Gasteiger partial charge in [-0.15, -0.1) is 0 Å². The van der Waals surface area contributed by atoms with E-state index in [2.05, 4.69) is 11.9 Å². The van der Waals surface area contributed by atoms with Gasteiger partial charge in [-0.25, -0.2) is 8.42 Å². The van der Waals surface area contributed by atoms with Crippen LogP contribution in [0.2, 0.25) is 5.02 Å². The highest BCUT2D eigenvalue weighted by Gasteiger charge is 2.15. The van der Waals surface area contributed by atoms with Crippen molar-refractivity contribution in [3.05, 3.63) is 40.4 Å². The van der Waals surface area contributed by atoms with Gasteiger partial charge in [0, 0.05) is 26.3 Å². The monoisotopic (exact) mass is 327 g/mol. The molecule has 0 aliphatic rings. The molecule has 0 aliphatic heterocycles. The summed E-state index contributed by atoms with van der Waals surface area (Å²) in [7, 11) is 1.23. The van der Waals surface area contributed by atoms with Crippen LogP contribution in [0.5, 0.6) is 0 Å². The van der Waals surface area contributed by atoms with Gasteiger partial charge in [0.1, 0.15) is 0 Å². The normalized spacial score (nSPS) is 11.1. The van der Waals surface area contributed by atoms with Gasteiger partial charge >= 0.3 is 0 Å². The fraction of sp³-hybridized carbons (Fsp3) is 0.100. The molecule has 0 heterocycles. The van der Waals surface area contributed by atoms with Crippen LogP contribution in [0.15, 0.2) is 34.7 Å². The first kappa shape index (κ1) is 15.3. The standard InChI is InChI=1S/C10H8Cl3NO3S/c1-6(11)5-14-10(15)7-2-8(12)4-9(3-7)18(13,16)17/h2-4H,1,5H2,(H,14,15). The average Bonchev–Trinajstić information content (AvgIpc) is 2.23. The molecule has 4 nitrogen and oxygen atoms in total. The second-order valence-corrected chi connectivity index (χ2v) is 6.85. The van der Waals surface area contributed by atoms with Crippen LogP contribution in [0.4, 0.5) is 0 Å². The average molecular weight is 329 g/mol. The first-order valence-electron chi connectivity index (χ1n) is 4.57. The summed E-state index contributed by atoms with van der Waals surface area (Å²) in [5.74, 6) is -0.527. The number of rotatable bonds is 4. The van der Waals surface area contributed by atoms with E-state index in [-0.39, 0.29) is 27.1 Å². The highest BCUT2D eigenvalue weighted by atomic mass is 35.7. The van der Waals surface area contributed by atoms with E-state index in [4.69, 9.17) is 33.9 Å². The molecule has 0 bridgehead atoms. The number of carbonyl (C=O) groups is 1. The lowest BCUT2D eigenvalue weighted by molar-refractivity contribution is 0.0957. The molecule has 1 rings (SSSR count). The largest absolute Gasteiger partial charge is 0.347 e. The third-order valence-electron chi connectivity index (χ3n) is 1.86. The Morgan fingerprint density at radius 3 is 2.44 bits per heavy atom. The van der Waals surface area contributed by atoms with Crippen molar-refractivity contribution in [1.82, 2.24) is 5.32 Å². The third kappa shape index (κ3) is 4.49. The van der Waals surface area contributed by atoms with E-state index >= 15 is 0 Å². The SMILES string of the molecule is C=C(Cl)CNC(=O)c1cc(Cl)cc(S(=O)(=O)Cl)c1. The zero-order chi connectivity index (χ0) is 13.9. The third-order valence-corrected chi connectivity index (χ3v) is 3.54. The molecular weight excluding hydrogens is 321 g/mol. The van der Waals surface area contributed by atoms with E-state index in [1.165, 1.54) is 6.07 Å². The molecule has 0 aromatic heterocycles. The van der Waals surface area contributed by atoms with Crippen LogP contribution in [0.3, 0.4) is 0 Å². The van der Waals surface area contributed by atoms with Crippen LogP contribution in [0.25, 0.3) is 0 Å². The number of carbonyl (C=O) groups excluding carboxylic acids is 1. The molecule has 0 fully saturated rings. The molecule has 8 heteroatoms. The number of hydrogen-bond donors (Lipinski definition) is 1. The Kier molecular flexibility index (Phi) is 5.04. The number of benzene rings is 1. The van der Waals surface area contributed by atoms with E-state index < -0.39 is 15.0 Å². The second-order valence-electron chi connectivity index (χ2n) is 3.31. The smallest absolute Gasteiger partial charge is 0.261 e. The van der Waals surface area contributed by atoms with E-state index in [0.29, 0.717) is 0 Å². The molecule has 98 valence electrons. The van der Waals surface area contributed by atoms with Crippen LogP contribution in [0, 0.1) is 0 Å². The summed E-state index contributed by atoms with van der Waals surface area (Å²) >= 11 is 11.2. The second kappa shape index (κ2) is 5.93. The lowest BCUT2D eigenvalue weighted by Gasteiger charge is -2.06. The van der Waals surface area contributed by atoms with Gasteiger partial charge in [-0.2, -0.15) is 0 Å². The van der Waals surface area contributed by atoms with Crippen molar-refractivity contribution in [2.24, 2.45) is 0 Å². The van der Waals surface area contributed by atoms with Crippen LogP contribution in [0.1, 0.15) is 10.4 Å². The Labute approximate surface area is 119 Å². The molecule has 1 aromatic carbocycles. The summed E-state index contributed by atoms with van der Waals surface area (Å²) in [4.78, 5) is 11.4. The van der Waals surface area contributed by atoms with Gasteiger partial charge in [0.05, 0.1) is 11.4 Å². The van der Waals surface area contributed by atoms with Crippen LogP contribution >= 0.6 is 33.9 Å². The molecule has 0 radical (unpaired) electrons. The van der Waals surface area contributed by atoms with Crippen LogP contribution < -0.4 is 5.32 Å². The van der Waals surface area contributed by atoms with Crippen molar-refractivity contribution in [2.45, 2.75) is 4.90 Å². The maximum absolute atomic E-state index is 11.7. The molecule has 1 amide bonds. The van der Waals surface area contributed by atoms with Crippen molar-refractivity contribution >= 4 is 48.8 Å². The molecule has 0 unspecified atom stereocenters. The Hall–Kier alpha value is -0.750. The van der Waals surface area contributed by atoms with E-state index in [1.807, 2.05) is 0 Å². The zero-order valence-electron chi connectivity index (χ0n) is 8.91. The maximum Gasteiger partial charge on any atom is 0.261 e. The first-order valence-corrected chi connectivity index (χ1v) is 7.63. The highest BCUT2D eigenvalue weighted by Crippen LogP contribution is 2.22. The summed E-state index contributed by atoms with van der Waals surface area (Å²) in [6, 6.07) is 3.60. The van der Waals surface area contributed by atoms with Crippen molar-refractivity contribution in [1.29, 1.82) is 0 Å². The minimum absolute atomic E-state index is 0.0653. The summed E-state index contributed by atoms with van der Waals surface area (Å²) < 4.78 is 22.3. The molecule has 0 spiro atoms. The number of hydrogen-bond acceptors (Lipinski definition) is 3. The van der Waals surface area contributed by atoms with Gasteiger partial charge in [-0.3, -0.25) is 4.79 Å². The van der Waals surface area contributed by atoms with Gasteiger partial charge in [-0.1, -0.05) is 29.8 Å². The summed E-state index contributed by atoms with van der Waals surface area (Å²) in [5, 5.41) is 2.77. The van der Waals surface area contributed by atoms with E-state index in [9.17, 15) is 13.2 Å². The zero-order valence-corrected chi connectivity index (χ0v) is 12.0. The Morgan fingerprint density at radius 2 is 1.94 bits per heavy atom. The predicted molar refractivity (Wildman–Crippen MR) is 71.8 cm³/mol. The predicted octanol–water partition coefficient (Wildman–Crippen LogP) is 2.75. The van der Waals surface area contributed by atoms with Crippen molar-refractivity contribution in [2.75, 3.05) is 6.54 Å². The van der Waals surface area contributed by atoms with E-state index in [0.717, 1.165) is 12.1 Å². The topological polar surface area (TPSA) is 63.2 Å². The molecule has 1 aromatic rings. The number of nitrogens with one attached hydrogen (secondary N) is 1. The van der Waals surface area contributed by atoms with Gasteiger partial charge in [0.25, 0.3) is 15.0 Å². The first-order chi connectivity index (χ1) is 8.20. The quantitative estimate of drug-likeness (QED) is 0.864. The van der Waals surface area contributed by atoms with E-state index in [1.54, 1.807) is 0 Å². The maximum atomic E-state index is 11.7. The number of amides is 1. The lowest BCUT2D eigenvalue weighted by atomic mass is 10.2. The molecule has 0 aliphatic carbocycles. The Balaban J connectivity index is 3.07. The summed E-state index contributed by atoms with van der Waals surface area (Å²) in [6.45, 7) is 3.47. The van der Waals surface area contributed by atoms with Gasteiger partial charge < -0.3 is 5.32 Å². The molecule has 1 N–H and O–H groups in total. The van der Waals surface area contributed by atoms with Crippen molar-refractivity contribution < 1.29 is 13.2 Å². The highest BCUT2D eigenvalue weighted by molar-refractivity contribution is 8.13. The van der Waals surface area contributed by atoms with Crippen LogP contribution in [-0.2, 0) is 9.05 Å².